The van der Waals surface area contributed by atoms with Gasteiger partial charge in [-0.25, -0.2) is 4.39 Å². The molecular formula is C13H15Br2FO. The van der Waals surface area contributed by atoms with Gasteiger partial charge in [-0.3, -0.25) is 0 Å². The molecule has 17 heavy (non-hydrogen) atoms. The third-order valence-corrected chi connectivity index (χ3v) is 5.71. The Labute approximate surface area is 118 Å². The van der Waals surface area contributed by atoms with Crippen molar-refractivity contribution < 1.29 is 9.13 Å². The molecule has 0 aromatic heterocycles. The van der Waals surface area contributed by atoms with Crippen LogP contribution in [0.1, 0.15) is 26.7 Å². The summed E-state index contributed by atoms with van der Waals surface area (Å²) in [7, 11) is 0. The normalized spacial score (nSPS) is 32.1. The molecule has 3 atom stereocenters. The van der Waals surface area contributed by atoms with E-state index in [1.165, 1.54) is 6.07 Å². The minimum Gasteiger partial charge on any atom is -0.487 e. The number of rotatable bonds is 3. The highest BCUT2D eigenvalue weighted by Gasteiger charge is 2.51. The van der Waals surface area contributed by atoms with E-state index in [9.17, 15) is 4.39 Å². The topological polar surface area (TPSA) is 9.23 Å². The van der Waals surface area contributed by atoms with Gasteiger partial charge in [0.05, 0.1) is 0 Å². The molecule has 2 rings (SSSR count). The van der Waals surface area contributed by atoms with Crippen molar-refractivity contribution in [3.05, 3.63) is 28.5 Å². The third kappa shape index (κ3) is 2.39. The highest BCUT2D eigenvalue weighted by atomic mass is 79.9. The lowest BCUT2D eigenvalue weighted by molar-refractivity contribution is -0.0264. The summed E-state index contributed by atoms with van der Waals surface area (Å²) in [6, 6.07) is 4.79. The summed E-state index contributed by atoms with van der Waals surface area (Å²) in [6.07, 6.45) is 2.03. The molecule has 0 heterocycles. The zero-order valence-electron chi connectivity index (χ0n) is 9.84. The number of ether oxygens (including phenoxy) is 1. The second kappa shape index (κ2) is 4.88. The molecule has 1 aliphatic rings. The number of benzene rings is 1. The van der Waals surface area contributed by atoms with E-state index in [4.69, 9.17) is 4.74 Å². The standard InChI is InChI=1S/C13H15Br2FO/c1-3-13(2)11(15)7-12(13)17-10-6-8(14)4-5-9(10)16/h4-6,11-12H,3,7H2,1-2H3. The first-order valence-corrected chi connectivity index (χ1v) is 7.44. The van der Waals surface area contributed by atoms with Gasteiger partial charge in [0.15, 0.2) is 11.6 Å². The molecule has 0 aliphatic heterocycles. The van der Waals surface area contributed by atoms with E-state index in [1.54, 1.807) is 12.1 Å². The summed E-state index contributed by atoms with van der Waals surface area (Å²) in [5, 5.41) is 0. The van der Waals surface area contributed by atoms with E-state index in [0.29, 0.717) is 10.6 Å². The van der Waals surface area contributed by atoms with E-state index >= 15 is 0 Å². The molecule has 1 saturated carbocycles. The molecule has 0 radical (unpaired) electrons. The van der Waals surface area contributed by atoms with Crippen LogP contribution in [0.15, 0.2) is 22.7 Å². The van der Waals surface area contributed by atoms with Gasteiger partial charge in [-0.15, -0.1) is 0 Å². The Hall–Kier alpha value is -0.0900. The van der Waals surface area contributed by atoms with Crippen molar-refractivity contribution in [2.75, 3.05) is 0 Å². The van der Waals surface area contributed by atoms with Crippen LogP contribution in [-0.2, 0) is 0 Å². The van der Waals surface area contributed by atoms with Crippen LogP contribution in [0.4, 0.5) is 4.39 Å². The Morgan fingerprint density at radius 2 is 2.24 bits per heavy atom. The van der Waals surface area contributed by atoms with E-state index in [0.717, 1.165) is 17.3 Å². The summed E-state index contributed by atoms with van der Waals surface area (Å²) >= 11 is 6.97. The van der Waals surface area contributed by atoms with Gasteiger partial charge in [0.2, 0.25) is 0 Å². The average Bonchev–Trinajstić information content (AvgIpc) is 2.32. The second-order valence-corrected chi connectivity index (χ2v) is 6.76. The highest BCUT2D eigenvalue weighted by Crippen LogP contribution is 2.50. The minimum absolute atomic E-state index is 0.0840. The fourth-order valence-corrected chi connectivity index (χ4v) is 3.42. The van der Waals surface area contributed by atoms with Gasteiger partial charge < -0.3 is 4.74 Å². The molecule has 4 heteroatoms. The Balaban J connectivity index is 2.14. The number of halogens is 3. The molecule has 1 nitrogen and oxygen atoms in total. The fourth-order valence-electron chi connectivity index (χ4n) is 2.12. The Kier molecular flexibility index (Phi) is 3.83. The SMILES string of the molecule is CCC1(C)C(Br)CC1Oc1cc(Br)ccc1F. The smallest absolute Gasteiger partial charge is 0.165 e. The molecule has 3 unspecified atom stereocenters. The van der Waals surface area contributed by atoms with E-state index < -0.39 is 0 Å². The van der Waals surface area contributed by atoms with E-state index in [-0.39, 0.29) is 17.3 Å². The van der Waals surface area contributed by atoms with Gasteiger partial charge >= 0.3 is 0 Å². The summed E-state index contributed by atoms with van der Waals surface area (Å²) in [6.45, 7) is 4.32. The van der Waals surface area contributed by atoms with E-state index in [1.807, 2.05) is 0 Å². The van der Waals surface area contributed by atoms with Crippen LogP contribution in [0.3, 0.4) is 0 Å². The van der Waals surface area contributed by atoms with Crippen molar-refractivity contribution >= 4 is 31.9 Å². The Bertz CT molecular complexity index is 424. The first-order valence-electron chi connectivity index (χ1n) is 5.73. The quantitative estimate of drug-likeness (QED) is 0.691. The van der Waals surface area contributed by atoms with Gasteiger partial charge in [-0.05, 0) is 31.0 Å². The lowest BCUT2D eigenvalue weighted by Gasteiger charge is -2.50. The highest BCUT2D eigenvalue weighted by molar-refractivity contribution is 9.10. The molecule has 0 N–H and O–H groups in total. The Morgan fingerprint density at radius 3 is 2.82 bits per heavy atom. The maximum Gasteiger partial charge on any atom is 0.165 e. The zero-order valence-corrected chi connectivity index (χ0v) is 13.0. The third-order valence-electron chi connectivity index (χ3n) is 3.80. The van der Waals surface area contributed by atoms with Gasteiger partial charge in [0, 0.05) is 14.7 Å². The van der Waals surface area contributed by atoms with Crippen LogP contribution in [0.2, 0.25) is 0 Å². The monoisotopic (exact) mass is 364 g/mol. The Morgan fingerprint density at radius 1 is 1.53 bits per heavy atom. The summed E-state index contributed by atoms with van der Waals surface area (Å²) in [5.74, 6) is 0.0353. The van der Waals surface area contributed by atoms with Crippen molar-refractivity contribution in [3.8, 4) is 5.75 Å². The molecule has 0 amide bonds. The van der Waals surface area contributed by atoms with Gasteiger partial charge in [0.1, 0.15) is 6.10 Å². The average molecular weight is 366 g/mol. The molecule has 0 spiro atoms. The number of hydrogen-bond donors (Lipinski definition) is 0. The van der Waals surface area contributed by atoms with E-state index in [2.05, 4.69) is 45.7 Å². The predicted molar refractivity (Wildman–Crippen MR) is 74.2 cm³/mol. The van der Waals surface area contributed by atoms with Gasteiger partial charge in [-0.2, -0.15) is 0 Å². The lowest BCUT2D eigenvalue weighted by Crippen LogP contribution is -2.54. The van der Waals surface area contributed by atoms with Crippen LogP contribution in [0.5, 0.6) is 5.75 Å². The predicted octanol–water partition coefficient (Wildman–Crippen LogP) is 4.92. The fraction of sp³-hybridized carbons (Fsp3) is 0.538. The first kappa shape index (κ1) is 13.3. The van der Waals surface area contributed by atoms with Crippen molar-refractivity contribution in [2.24, 2.45) is 5.41 Å². The summed E-state index contributed by atoms with van der Waals surface area (Å²) in [4.78, 5) is 0.459. The first-order chi connectivity index (χ1) is 7.97. The molecule has 1 aromatic carbocycles. The van der Waals surface area contributed by atoms with Crippen LogP contribution in [0, 0.1) is 11.2 Å². The number of alkyl halides is 1. The molecular weight excluding hydrogens is 351 g/mol. The second-order valence-electron chi connectivity index (χ2n) is 4.74. The maximum atomic E-state index is 13.6. The van der Waals surface area contributed by atoms with Gasteiger partial charge in [-0.1, -0.05) is 45.7 Å². The summed E-state index contributed by atoms with van der Waals surface area (Å²) in [5.41, 5.74) is 0.0920. The van der Waals surface area contributed by atoms with Crippen molar-refractivity contribution in [1.29, 1.82) is 0 Å². The number of hydrogen-bond acceptors (Lipinski definition) is 1. The lowest BCUT2D eigenvalue weighted by atomic mass is 9.65. The van der Waals surface area contributed by atoms with Crippen LogP contribution < -0.4 is 4.74 Å². The molecule has 1 fully saturated rings. The van der Waals surface area contributed by atoms with Gasteiger partial charge in [0.25, 0.3) is 0 Å². The maximum absolute atomic E-state index is 13.6. The molecule has 94 valence electrons. The molecule has 0 saturated heterocycles. The van der Waals surface area contributed by atoms with Crippen LogP contribution in [0.25, 0.3) is 0 Å². The van der Waals surface area contributed by atoms with Crippen molar-refractivity contribution in [3.63, 3.8) is 0 Å². The molecule has 0 bridgehead atoms. The molecule has 1 aliphatic carbocycles. The molecule has 1 aromatic rings. The minimum atomic E-state index is -0.301. The van der Waals surface area contributed by atoms with Crippen LogP contribution in [-0.4, -0.2) is 10.9 Å². The zero-order chi connectivity index (χ0) is 12.6. The van der Waals surface area contributed by atoms with Crippen LogP contribution >= 0.6 is 31.9 Å². The summed E-state index contributed by atoms with van der Waals surface area (Å²) < 4.78 is 20.2. The van der Waals surface area contributed by atoms with Crippen molar-refractivity contribution in [2.45, 2.75) is 37.6 Å². The largest absolute Gasteiger partial charge is 0.487 e. The van der Waals surface area contributed by atoms with Crippen molar-refractivity contribution in [1.82, 2.24) is 0 Å².